The first-order valence-electron chi connectivity index (χ1n) is 11.4. The Morgan fingerprint density at radius 3 is 2.31 bits per heavy atom. The number of hydrogen-bond acceptors (Lipinski definition) is 9. The molecule has 0 atom stereocenters. The van der Waals surface area contributed by atoms with Crippen LogP contribution in [0.4, 0.5) is 5.69 Å². The topological polar surface area (TPSA) is 111 Å². The van der Waals surface area contributed by atoms with Crippen molar-refractivity contribution in [2.24, 2.45) is 0 Å². The van der Waals surface area contributed by atoms with Gasteiger partial charge < -0.3 is 24.0 Å². The predicted octanol–water partition coefficient (Wildman–Crippen LogP) is 3.82. The third kappa shape index (κ3) is 5.31. The number of nitrogens with zero attached hydrogens (tertiary/aromatic N) is 3. The van der Waals surface area contributed by atoms with E-state index in [0.717, 1.165) is 19.4 Å². The average molecular weight is 486 g/mol. The smallest absolute Gasteiger partial charge is 0.336 e. The molecule has 0 unspecified atom stereocenters. The number of ether oxygens (including phenoxy) is 3. The van der Waals surface area contributed by atoms with E-state index in [1.165, 1.54) is 32.4 Å². The number of non-ortho nitro benzene ring substituents is 1. The number of carbonyl (C=O) groups is 2. The van der Waals surface area contributed by atoms with Crippen molar-refractivity contribution in [2.75, 3.05) is 34.0 Å². The highest BCUT2D eigenvalue weighted by atomic mass is 16.6. The molecule has 0 fully saturated rings. The van der Waals surface area contributed by atoms with E-state index in [9.17, 15) is 19.7 Å². The Morgan fingerprint density at radius 2 is 1.77 bits per heavy atom. The van der Waals surface area contributed by atoms with Gasteiger partial charge in [-0.15, -0.1) is 0 Å². The van der Waals surface area contributed by atoms with Gasteiger partial charge in [0.15, 0.2) is 6.73 Å². The van der Waals surface area contributed by atoms with Crippen LogP contribution < -0.4 is 0 Å². The molecule has 0 saturated heterocycles. The van der Waals surface area contributed by atoms with Crippen LogP contribution in [-0.2, 0) is 23.8 Å². The van der Waals surface area contributed by atoms with E-state index in [1.54, 1.807) is 19.9 Å². The van der Waals surface area contributed by atoms with Crippen molar-refractivity contribution in [1.82, 2.24) is 9.80 Å². The van der Waals surface area contributed by atoms with Gasteiger partial charge in [0.2, 0.25) is 0 Å². The molecular weight excluding hydrogens is 454 g/mol. The van der Waals surface area contributed by atoms with Gasteiger partial charge in [-0.1, -0.05) is 25.5 Å². The number of esters is 2. The molecule has 2 heterocycles. The van der Waals surface area contributed by atoms with Crippen molar-refractivity contribution in [3.63, 3.8) is 0 Å². The van der Waals surface area contributed by atoms with Gasteiger partial charge in [0.1, 0.15) is 5.76 Å². The molecular formula is C25H31N3O7. The van der Waals surface area contributed by atoms with Gasteiger partial charge in [0.05, 0.1) is 42.8 Å². The number of rotatable bonds is 9. The second-order valence-electron chi connectivity index (χ2n) is 8.39. The number of methoxy groups -OCH3 is 2. The van der Waals surface area contributed by atoms with Crippen molar-refractivity contribution >= 4 is 17.6 Å². The van der Waals surface area contributed by atoms with Gasteiger partial charge in [-0.05, 0) is 25.8 Å². The zero-order valence-electron chi connectivity index (χ0n) is 20.7. The fraction of sp³-hybridized carbons (Fsp3) is 0.440. The summed E-state index contributed by atoms with van der Waals surface area (Å²) in [4.78, 5) is 40.8. The summed E-state index contributed by atoms with van der Waals surface area (Å²) in [5.41, 5.74) is 1.82. The van der Waals surface area contributed by atoms with Gasteiger partial charge in [0, 0.05) is 36.3 Å². The fourth-order valence-electron chi connectivity index (χ4n) is 4.42. The molecule has 1 aromatic carbocycles. The Labute approximate surface area is 204 Å². The van der Waals surface area contributed by atoms with Crippen LogP contribution in [0, 0.1) is 10.1 Å². The van der Waals surface area contributed by atoms with Crippen molar-refractivity contribution in [1.29, 1.82) is 0 Å². The Bertz CT molecular complexity index is 1070. The number of carbonyl (C=O) groups excluding carboxylic acids is 2. The van der Waals surface area contributed by atoms with Crippen LogP contribution in [0.25, 0.3) is 0 Å². The van der Waals surface area contributed by atoms with Crippen LogP contribution >= 0.6 is 0 Å². The molecule has 35 heavy (non-hydrogen) atoms. The standard InChI is InChI=1S/C25H31N3O7/c1-6-7-11-26-13-20(35-15-26)14-27-16(2)21(24(29)33-4)23(22(17(27)3)25(30)34-5)18-9-8-10-19(12-18)28(31)32/h8-10,12-13,23H,6-7,11,14-15H2,1-5H3. The Hall–Kier alpha value is -3.82. The zero-order chi connectivity index (χ0) is 25.7. The van der Waals surface area contributed by atoms with Gasteiger partial charge >= 0.3 is 11.9 Å². The molecule has 1 aromatic rings. The minimum absolute atomic E-state index is 0.148. The van der Waals surface area contributed by atoms with E-state index in [1.807, 2.05) is 11.1 Å². The normalized spacial score (nSPS) is 16.3. The summed E-state index contributed by atoms with van der Waals surface area (Å²) in [6.45, 7) is 7.26. The second kappa shape index (κ2) is 11.1. The number of nitro groups is 1. The van der Waals surface area contributed by atoms with Gasteiger partial charge in [-0.2, -0.15) is 0 Å². The largest absolute Gasteiger partial charge is 0.474 e. The van der Waals surface area contributed by atoms with Crippen LogP contribution in [0.1, 0.15) is 45.1 Å². The van der Waals surface area contributed by atoms with Crippen LogP contribution in [0.5, 0.6) is 0 Å². The van der Waals surface area contributed by atoms with Crippen LogP contribution in [0.2, 0.25) is 0 Å². The van der Waals surface area contributed by atoms with Crippen molar-refractivity contribution in [3.05, 3.63) is 74.4 Å². The maximum atomic E-state index is 13.0. The lowest BCUT2D eigenvalue weighted by molar-refractivity contribution is -0.384. The molecule has 0 radical (unpaired) electrons. The summed E-state index contributed by atoms with van der Waals surface area (Å²) >= 11 is 0. The Kier molecular flexibility index (Phi) is 8.16. The summed E-state index contributed by atoms with van der Waals surface area (Å²) in [6.07, 6.45) is 4.05. The lowest BCUT2D eigenvalue weighted by Gasteiger charge is -2.37. The second-order valence-corrected chi connectivity index (χ2v) is 8.39. The third-order valence-corrected chi connectivity index (χ3v) is 6.25. The minimum atomic E-state index is -0.898. The molecule has 10 nitrogen and oxygen atoms in total. The molecule has 0 spiro atoms. The number of hydrogen-bond donors (Lipinski definition) is 0. The molecule has 2 aliphatic heterocycles. The first-order chi connectivity index (χ1) is 16.7. The van der Waals surface area contributed by atoms with E-state index in [2.05, 4.69) is 11.8 Å². The number of allylic oxidation sites excluding steroid dienone is 2. The SMILES string of the molecule is CCCCN1C=C(CN2C(C)=C(C(=O)OC)C(c3cccc([N+](=O)[O-])c3)C(C(=O)OC)=C2C)OC1. The monoisotopic (exact) mass is 485 g/mol. The molecule has 2 aliphatic rings. The Morgan fingerprint density at radius 1 is 1.14 bits per heavy atom. The fourth-order valence-corrected chi connectivity index (χ4v) is 4.42. The highest BCUT2D eigenvalue weighted by Crippen LogP contribution is 2.43. The van der Waals surface area contributed by atoms with Crippen LogP contribution in [-0.4, -0.2) is 60.7 Å². The summed E-state index contributed by atoms with van der Waals surface area (Å²) in [6, 6.07) is 5.89. The molecule has 188 valence electrons. The minimum Gasteiger partial charge on any atom is -0.474 e. The molecule has 0 saturated carbocycles. The molecule has 0 amide bonds. The molecule has 0 aliphatic carbocycles. The molecule has 10 heteroatoms. The quantitative estimate of drug-likeness (QED) is 0.293. The van der Waals surface area contributed by atoms with E-state index in [0.29, 0.717) is 36.0 Å². The highest BCUT2D eigenvalue weighted by molar-refractivity contribution is 5.99. The van der Waals surface area contributed by atoms with Gasteiger partial charge in [0.25, 0.3) is 5.69 Å². The van der Waals surface area contributed by atoms with Crippen molar-refractivity contribution < 1.29 is 28.7 Å². The van der Waals surface area contributed by atoms with E-state index >= 15 is 0 Å². The molecule has 0 N–H and O–H groups in total. The lowest BCUT2D eigenvalue weighted by Crippen LogP contribution is -2.36. The predicted molar refractivity (Wildman–Crippen MR) is 128 cm³/mol. The summed E-state index contributed by atoms with van der Waals surface area (Å²) < 4.78 is 16.0. The maximum absolute atomic E-state index is 13.0. The van der Waals surface area contributed by atoms with E-state index in [-0.39, 0.29) is 16.8 Å². The van der Waals surface area contributed by atoms with E-state index in [4.69, 9.17) is 14.2 Å². The summed E-state index contributed by atoms with van der Waals surface area (Å²) in [5.74, 6) is -1.47. The van der Waals surface area contributed by atoms with E-state index < -0.39 is 22.8 Å². The van der Waals surface area contributed by atoms with Crippen molar-refractivity contribution in [3.8, 4) is 0 Å². The number of unbranched alkanes of at least 4 members (excludes halogenated alkanes) is 1. The molecule has 0 bridgehead atoms. The van der Waals surface area contributed by atoms with Crippen LogP contribution in [0.15, 0.2) is 58.8 Å². The van der Waals surface area contributed by atoms with Gasteiger partial charge in [-0.25, -0.2) is 9.59 Å². The molecule has 0 aromatic heterocycles. The third-order valence-electron chi connectivity index (χ3n) is 6.25. The highest BCUT2D eigenvalue weighted by Gasteiger charge is 2.41. The van der Waals surface area contributed by atoms with Crippen molar-refractivity contribution in [2.45, 2.75) is 39.5 Å². The lowest BCUT2D eigenvalue weighted by atomic mass is 9.79. The summed E-state index contributed by atoms with van der Waals surface area (Å²) in [7, 11) is 2.52. The number of benzene rings is 1. The van der Waals surface area contributed by atoms with Crippen LogP contribution in [0.3, 0.4) is 0 Å². The first kappa shape index (κ1) is 25.8. The average Bonchev–Trinajstić information content (AvgIpc) is 3.31. The Balaban J connectivity index is 2.12. The maximum Gasteiger partial charge on any atom is 0.336 e. The summed E-state index contributed by atoms with van der Waals surface area (Å²) in [5, 5.41) is 11.4. The van der Waals surface area contributed by atoms with Gasteiger partial charge in [-0.3, -0.25) is 10.1 Å². The zero-order valence-corrected chi connectivity index (χ0v) is 20.7. The molecule has 3 rings (SSSR count). The number of nitro benzene ring substituents is 1. The first-order valence-corrected chi connectivity index (χ1v) is 11.4.